The van der Waals surface area contributed by atoms with Gasteiger partial charge in [-0.05, 0) is 122 Å². The summed E-state index contributed by atoms with van der Waals surface area (Å²) in [5, 5.41) is 7.98. The van der Waals surface area contributed by atoms with Gasteiger partial charge in [-0.3, -0.25) is 0 Å². The average molecular weight is 833 g/mol. The molecule has 13 rings (SSSR count). The van der Waals surface area contributed by atoms with Gasteiger partial charge in [-0.25, -0.2) is 0 Å². The normalized spacial score (nSPS) is 12.6. The van der Waals surface area contributed by atoms with Gasteiger partial charge in [-0.15, -0.1) is 0 Å². The Morgan fingerprint density at radius 2 is 1.00 bits per heavy atom. The number of rotatable bonds is 7. The molecule has 0 saturated carbocycles. The van der Waals surface area contributed by atoms with E-state index >= 15 is 0 Å². The molecule has 11 aromatic carbocycles. The van der Waals surface area contributed by atoms with Crippen molar-refractivity contribution < 1.29 is 9.90 Å². The standard InChI is InChI=1S/C62H40N2O/c1-2-15-49(16-3-1)64-56-20-9-8-18-54(56)60-52(19-10-21-57(60)64)46-32-37-51(38-33-46)63(58-22-11-23-59-61(58)55-39-34-45-13-6-7-17-53(45)62(55)65-59)50-35-30-43(31-36-50)42-24-26-44(27-25-42)48-29-28-41-12-4-5-14-47(41)40-48/h1-40H/i32D,33D,37D,38D. The second kappa shape index (κ2) is 15.0. The largest absolute Gasteiger partial charge is 0.455 e. The molecule has 0 fully saturated rings. The minimum atomic E-state index is -0.154. The predicted octanol–water partition coefficient (Wildman–Crippen LogP) is 17.5. The minimum absolute atomic E-state index is 0.126. The number of aromatic nitrogens is 1. The fourth-order valence-corrected chi connectivity index (χ4v) is 9.77. The van der Waals surface area contributed by atoms with Crippen molar-refractivity contribution in [2.24, 2.45) is 0 Å². The molecular formula is C62H40N2O. The summed E-state index contributed by atoms with van der Waals surface area (Å²) in [4.78, 5) is 1.88. The van der Waals surface area contributed by atoms with Gasteiger partial charge >= 0.3 is 0 Å². The fraction of sp³-hybridized carbons (Fsp3) is 0. The summed E-state index contributed by atoms with van der Waals surface area (Å²) in [6.07, 6.45) is 0. The molecule has 0 N–H and O–H groups in total. The number of nitrogens with zero attached hydrogens (tertiary/aromatic N) is 2. The van der Waals surface area contributed by atoms with E-state index in [9.17, 15) is 5.48 Å². The number of para-hydroxylation sites is 2. The molecule has 304 valence electrons. The van der Waals surface area contributed by atoms with E-state index in [1.807, 2.05) is 89.8 Å². The molecule has 0 spiro atoms. The van der Waals surface area contributed by atoms with E-state index in [1.165, 1.54) is 10.8 Å². The molecule has 0 saturated heterocycles. The van der Waals surface area contributed by atoms with Crippen LogP contribution in [0, 0.1) is 0 Å². The molecule has 0 aliphatic rings. The topological polar surface area (TPSA) is 21.3 Å². The number of benzene rings is 11. The molecule has 3 heteroatoms. The van der Waals surface area contributed by atoms with E-state index in [0.29, 0.717) is 22.5 Å². The van der Waals surface area contributed by atoms with Crippen molar-refractivity contribution in [1.29, 1.82) is 0 Å². The zero-order chi connectivity index (χ0) is 46.3. The van der Waals surface area contributed by atoms with Crippen LogP contribution in [0.25, 0.3) is 104 Å². The van der Waals surface area contributed by atoms with Crippen molar-refractivity contribution >= 4 is 82.4 Å². The Labute approximate surface area is 381 Å². The van der Waals surface area contributed by atoms with Gasteiger partial charge in [0.25, 0.3) is 0 Å². The lowest BCUT2D eigenvalue weighted by atomic mass is 9.98. The Balaban J connectivity index is 0.990. The zero-order valence-electron chi connectivity index (χ0n) is 39.1. The van der Waals surface area contributed by atoms with Crippen LogP contribution >= 0.6 is 0 Å². The van der Waals surface area contributed by atoms with Crippen LogP contribution in [0.4, 0.5) is 17.1 Å². The maximum absolute atomic E-state index is 9.96. The first-order chi connectivity index (χ1) is 33.9. The average Bonchev–Trinajstić information content (AvgIpc) is 3.97. The van der Waals surface area contributed by atoms with E-state index in [1.54, 1.807) is 0 Å². The summed E-state index contributed by atoms with van der Waals surface area (Å²) in [5.74, 6) is 0. The van der Waals surface area contributed by atoms with Crippen LogP contribution in [-0.2, 0) is 0 Å². The molecule has 2 aromatic heterocycles. The third kappa shape index (κ3) is 6.12. The van der Waals surface area contributed by atoms with Gasteiger partial charge in [-0.2, -0.15) is 0 Å². The van der Waals surface area contributed by atoms with E-state index in [-0.39, 0.29) is 35.4 Å². The third-order valence-corrected chi connectivity index (χ3v) is 12.8. The monoisotopic (exact) mass is 832 g/mol. The summed E-state index contributed by atoms with van der Waals surface area (Å²) >= 11 is 0. The SMILES string of the molecule is [2H]c1c([2H])c(N(c2ccc(-c3ccc(-c4ccc5ccccc5c4)cc3)cc2)c2cccc3oc4c5ccccc5ccc4c23)c([2H])c([2H])c1-c1cccc2c1c1ccccc1n2-c1ccccc1. The van der Waals surface area contributed by atoms with E-state index in [0.717, 1.165) is 76.9 Å². The highest BCUT2D eigenvalue weighted by Gasteiger charge is 2.22. The predicted molar refractivity (Wildman–Crippen MR) is 274 cm³/mol. The first-order valence-electron chi connectivity index (χ1n) is 23.9. The highest BCUT2D eigenvalue weighted by Crippen LogP contribution is 2.46. The maximum atomic E-state index is 9.96. The van der Waals surface area contributed by atoms with E-state index < -0.39 is 0 Å². The van der Waals surface area contributed by atoms with Crippen molar-refractivity contribution in [3.8, 4) is 39.1 Å². The minimum Gasteiger partial charge on any atom is -0.455 e. The van der Waals surface area contributed by atoms with Gasteiger partial charge in [-0.1, -0.05) is 170 Å². The van der Waals surface area contributed by atoms with E-state index in [4.69, 9.17) is 4.42 Å². The van der Waals surface area contributed by atoms with Crippen LogP contribution < -0.4 is 4.90 Å². The summed E-state index contributed by atoms with van der Waals surface area (Å²) < 4.78 is 48.5. The maximum Gasteiger partial charge on any atom is 0.143 e. The Hall–Kier alpha value is -8.66. The summed E-state index contributed by atoms with van der Waals surface area (Å²) in [6, 6.07) is 73.5. The van der Waals surface area contributed by atoms with Crippen molar-refractivity contribution in [3.63, 3.8) is 0 Å². The molecule has 0 unspecified atom stereocenters. The van der Waals surface area contributed by atoms with Gasteiger partial charge in [0, 0.05) is 38.6 Å². The third-order valence-electron chi connectivity index (χ3n) is 12.8. The van der Waals surface area contributed by atoms with Crippen LogP contribution in [0.15, 0.2) is 247 Å². The number of fused-ring (bicyclic) bond motifs is 9. The smallest absolute Gasteiger partial charge is 0.143 e. The molecule has 0 aliphatic heterocycles. The number of anilines is 3. The van der Waals surface area contributed by atoms with Gasteiger partial charge in [0.1, 0.15) is 11.2 Å². The lowest BCUT2D eigenvalue weighted by Crippen LogP contribution is -2.10. The lowest BCUT2D eigenvalue weighted by molar-refractivity contribution is 0.672. The molecule has 0 amide bonds. The van der Waals surface area contributed by atoms with Gasteiger partial charge < -0.3 is 13.9 Å². The van der Waals surface area contributed by atoms with Crippen LogP contribution in [0.2, 0.25) is 0 Å². The Morgan fingerprint density at radius 1 is 0.385 bits per heavy atom. The molecule has 0 bridgehead atoms. The number of hydrogen-bond acceptors (Lipinski definition) is 2. The van der Waals surface area contributed by atoms with Crippen molar-refractivity contribution in [2.45, 2.75) is 0 Å². The Bertz CT molecular complexity index is 4150. The fourth-order valence-electron chi connectivity index (χ4n) is 9.77. The molecule has 13 aromatic rings. The quantitative estimate of drug-likeness (QED) is 0.160. The highest BCUT2D eigenvalue weighted by atomic mass is 16.3. The van der Waals surface area contributed by atoms with Crippen LogP contribution in [0.5, 0.6) is 0 Å². The molecule has 65 heavy (non-hydrogen) atoms. The van der Waals surface area contributed by atoms with Crippen LogP contribution in [-0.4, -0.2) is 4.57 Å². The van der Waals surface area contributed by atoms with Crippen molar-refractivity contribution in [3.05, 3.63) is 243 Å². The highest BCUT2D eigenvalue weighted by molar-refractivity contribution is 6.20. The Morgan fingerprint density at radius 3 is 1.80 bits per heavy atom. The molecule has 0 radical (unpaired) electrons. The lowest BCUT2D eigenvalue weighted by Gasteiger charge is -2.26. The summed E-state index contributed by atoms with van der Waals surface area (Å²) in [7, 11) is 0. The van der Waals surface area contributed by atoms with Crippen molar-refractivity contribution in [2.75, 3.05) is 4.90 Å². The van der Waals surface area contributed by atoms with Gasteiger partial charge in [0.2, 0.25) is 0 Å². The molecule has 0 aliphatic carbocycles. The van der Waals surface area contributed by atoms with E-state index in [2.05, 4.69) is 138 Å². The molecular weight excluding hydrogens is 789 g/mol. The molecule has 2 heterocycles. The second-order valence-electron chi connectivity index (χ2n) is 16.5. The zero-order valence-corrected chi connectivity index (χ0v) is 35.1. The summed E-state index contributed by atoms with van der Waals surface area (Å²) in [5.41, 5.74) is 11.0. The first kappa shape index (κ1) is 33.0. The Kier molecular flexibility index (Phi) is 7.61. The summed E-state index contributed by atoms with van der Waals surface area (Å²) in [6.45, 7) is 0. The van der Waals surface area contributed by atoms with Gasteiger partial charge in [0.15, 0.2) is 0 Å². The van der Waals surface area contributed by atoms with Gasteiger partial charge in [0.05, 0.1) is 27.6 Å². The molecule has 0 atom stereocenters. The first-order valence-corrected chi connectivity index (χ1v) is 21.9. The van der Waals surface area contributed by atoms with Crippen LogP contribution in [0.3, 0.4) is 0 Å². The second-order valence-corrected chi connectivity index (χ2v) is 16.5. The van der Waals surface area contributed by atoms with Crippen molar-refractivity contribution in [1.82, 2.24) is 4.57 Å². The number of hydrogen-bond donors (Lipinski definition) is 0. The molecule has 3 nitrogen and oxygen atoms in total. The number of furan rings is 1. The van der Waals surface area contributed by atoms with Crippen LogP contribution in [0.1, 0.15) is 5.48 Å².